The van der Waals surface area contributed by atoms with Crippen LogP contribution >= 0.6 is 0 Å². The number of sulfonamides is 1. The lowest BCUT2D eigenvalue weighted by molar-refractivity contribution is -0.159. The zero-order valence-corrected chi connectivity index (χ0v) is 22.6. The Balaban J connectivity index is 1.96. The normalized spacial score (nSPS) is 13.1. The first-order chi connectivity index (χ1) is 18.4. The molecule has 10 nitrogen and oxygen atoms in total. The molecule has 0 aliphatic rings. The standard InChI is InChI=1S/C27H31FN4O6S/c1-18-12-13-21(28)15-25(18)39(37,38)32(17-26(34)31(3)36)16-24(33)23(14-20-9-5-4-6-10-20)30-27(35)22-11-7-8-19(2)29-22/h4-13,15,23-24,33,36H,14,16-17H2,1-3H3,(H,30,35)/t23-,24+/m0/s1. The number of hydrogen-bond donors (Lipinski definition) is 3. The number of hydroxylamine groups is 2. The van der Waals surface area contributed by atoms with Gasteiger partial charge < -0.3 is 10.4 Å². The van der Waals surface area contributed by atoms with Gasteiger partial charge in [0.15, 0.2) is 0 Å². The van der Waals surface area contributed by atoms with Crippen LogP contribution < -0.4 is 5.32 Å². The second-order valence-corrected chi connectivity index (χ2v) is 11.0. The number of likely N-dealkylation sites (N-methyl/N-ethyl adjacent to an activating group) is 1. The topological polar surface area (TPSA) is 140 Å². The average Bonchev–Trinajstić information content (AvgIpc) is 2.89. The van der Waals surface area contributed by atoms with Crippen LogP contribution in [0.4, 0.5) is 4.39 Å². The van der Waals surface area contributed by atoms with Crippen molar-refractivity contribution >= 4 is 21.8 Å². The zero-order chi connectivity index (χ0) is 28.7. The summed E-state index contributed by atoms with van der Waals surface area (Å²) in [5.74, 6) is -2.36. The Morgan fingerprint density at radius 2 is 1.74 bits per heavy atom. The highest BCUT2D eigenvalue weighted by molar-refractivity contribution is 7.89. The van der Waals surface area contributed by atoms with Gasteiger partial charge in [0.2, 0.25) is 10.0 Å². The molecule has 208 valence electrons. The van der Waals surface area contributed by atoms with Crippen LogP contribution in [0.25, 0.3) is 0 Å². The number of pyridine rings is 1. The van der Waals surface area contributed by atoms with E-state index >= 15 is 0 Å². The molecule has 0 fully saturated rings. The first kappa shape index (κ1) is 29.8. The van der Waals surface area contributed by atoms with Crippen LogP contribution in [-0.2, 0) is 21.2 Å². The van der Waals surface area contributed by atoms with Crippen LogP contribution in [0.3, 0.4) is 0 Å². The second-order valence-electron chi connectivity index (χ2n) is 9.13. The van der Waals surface area contributed by atoms with E-state index in [-0.39, 0.29) is 22.7 Å². The molecule has 0 bridgehead atoms. The molecule has 3 aromatic rings. The van der Waals surface area contributed by atoms with Crippen molar-refractivity contribution in [2.45, 2.75) is 37.3 Å². The van der Waals surface area contributed by atoms with E-state index in [1.807, 2.05) is 0 Å². The van der Waals surface area contributed by atoms with Gasteiger partial charge in [0.05, 0.1) is 23.6 Å². The van der Waals surface area contributed by atoms with Crippen LogP contribution in [0.15, 0.2) is 71.6 Å². The summed E-state index contributed by atoms with van der Waals surface area (Å²) in [6, 6.07) is 16.0. The third-order valence-electron chi connectivity index (χ3n) is 6.03. The maximum Gasteiger partial charge on any atom is 0.270 e. The number of benzene rings is 2. The minimum absolute atomic E-state index is 0.109. The van der Waals surface area contributed by atoms with Gasteiger partial charge in [-0.05, 0) is 55.7 Å². The number of aliphatic hydroxyl groups is 1. The van der Waals surface area contributed by atoms with Gasteiger partial charge in [-0.1, -0.05) is 42.5 Å². The van der Waals surface area contributed by atoms with Crippen molar-refractivity contribution in [3.63, 3.8) is 0 Å². The predicted octanol–water partition coefficient (Wildman–Crippen LogP) is 2.08. The van der Waals surface area contributed by atoms with E-state index in [0.717, 1.165) is 24.7 Å². The van der Waals surface area contributed by atoms with Crippen LogP contribution in [0.5, 0.6) is 0 Å². The fourth-order valence-electron chi connectivity index (χ4n) is 3.89. The zero-order valence-electron chi connectivity index (χ0n) is 21.8. The maximum absolute atomic E-state index is 14.0. The van der Waals surface area contributed by atoms with Crippen molar-refractivity contribution in [3.05, 3.63) is 95.1 Å². The first-order valence-corrected chi connectivity index (χ1v) is 13.5. The lowest BCUT2D eigenvalue weighted by Gasteiger charge is -2.30. The van der Waals surface area contributed by atoms with Gasteiger partial charge in [0, 0.05) is 19.3 Å². The monoisotopic (exact) mass is 558 g/mol. The number of carbonyl (C=O) groups excluding carboxylic acids is 2. The molecule has 12 heteroatoms. The predicted molar refractivity (Wildman–Crippen MR) is 141 cm³/mol. The number of nitrogens with one attached hydrogen (secondary N) is 1. The van der Waals surface area contributed by atoms with E-state index in [1.165, 1.54) is 19.1 Å². The molecule has 0 unspecified atom stereocenters. The van der Waals surface area contributed by atoms with E-state index in [2.05, 4.69) is 10.3 Å². The molecule has 2 aromatic carbocycles. The molecule has 0 spiro atoms. The lowest BCUT2D eigenvalue weighted by Crippen LogP contribution is -2.52. The molecule has 0 saturated heterocycles. The van der Waals surface area contributed by atoms with Crippen molar-refractivity contribution in [2.75, 3.05) is 20.1 Å². The highest BCUT2D eigenvalue weighted by Crippen LogP contribution is 2.22. The summed E-state index contributed by atoms with van der Waals surface area (Å²) >= 11 is 0. The Kier molecular flexibility index (Phi) is 9.86. The number of amides is 2. The molecular weight excluding hydrogens is 527 g/mol. The van der Waals surface area contributed by atoms with E-state index in [1.54, 1.807) is 49.4 Å². The van der Waals surface area contributed by atoms with Crippen LogP contribution in [0, 0.1) is 19.7 Å². The summed E-state index contributed by atoms with van der Waals surface area (Å²) in [5.41, 5.74) is 1.69. The largest absolute Gasteiger partial charge is 0.390 e. The van der Waals surface area contributed by atoms with Crippen molar-refractivity contribution in [1.29, 1.82) is 0 Å². The molecule has 1 aromatic heterocycles. The fraction of sp³-hybridized carbons (Fsp3) is 0.296. The Bertz CT molecular complexity index is 1420. The molecule has 2 amide bonds. The number of aromatic nitrogens is 1. The Hall–Kier alpha value is -3.71. The maximum atomic E-state index is 14.0. The molecule has 0 aliphatic carbocycles. The minimum Gasteiger partial charge on any atom is -0.390 e. The van der Waals surface area contributed by atoms with Crippen molar-refractivity contribution in [3.8, 4) is 0 Å². The molecule has 39 heavy (non-hydrogen) atoms. The van der Waals surface area contributed by atoms with Gasteiger partial charge in [0.25, 0.3) is 11.8 Å². The average molecular weight is 559 g/mol. The van der Waals surface area contributed by atoms with E-state index in [0.29, 0.717) is 10.00 Å². The molecule has 0 aliphatic heterocycles. The fourth-order valence-corrected chi connectivity index (χ4v) is 5.53. The molecule has 0 saturated carbocycles. The minimum atomic E-state index is -4.52. The lowest BCUT2D eigenvalue weighted by atomic mass is 10.0. The van der Waals surface area contributed by atoms with Crippen LogP contribution in [0.2, 0.25) is 0 Å². The quantitative estimate of drug-likeness (QED) is 0.242. The van der Waals surface area contributed by atoms with E-state index in [4.69, 9.17) is 0 Å². The van der Waals surface area contributed by atoms with E-state index < -0.39 is 57.8 Å². The molecule has 2 atom stereocenters. The van der Waals surface area contributed by atoms with Crippen molar-refractivity contribution < 1.29 is 32.7 Å². The first-order valence-electron chi connectivity index (χ1n) is 12.1. The van der Waals surface area contributed by atoms with Gasteiger partial charge in [-0.15, -0.1) is 0 Å². The molecule has 1 heterocycles. The van der Waals surface area contributed by atoms with Crippen LogP contribution in [-0.4, -0.2) is 77.2 Å². The summed E-state index contributed by atoms with van der Waals surface area (Å²) in [6.07, 6.45) is -1.39. The Morgan fingerprint density at radius 3 is 2.38 bits per heavy atom. The number of aliphatic hydroxyl groups excluding tert-OH is 1. The van der Waals surface area contributed by atoms with Crippen LogP contribution in [0.1, 0.15) is 27.3 Å². The molecular formula is C27H31FN4O6S. The second kappa shape index (κ2) is 12.9. The van der Waals surface area contributed by atoms with Crippen molar-refractivity contribution in [2.24, 2.45) is 0 Å². The number of halogens is 1. The summed E-state index contributed by atoms with van der Waals surface area (Å²) < 4.78 is 41.8. The number of nitrogens with zero attached hydrogens (tertiary/aromatic N) is 3. The van der Waals surface area contributed by atoms with Crippen molar-refractivity contribution in [1.82, 2.24) is 19.7 Å². The number of aryl methyl sites for hydroxylation is 2. The number of carbonyl (C=O) groups is 2. The Morgan fingerprint density at radius 1 is 1.05 bits per heavy atom. The van der Waals surface area contributed by atoms with Gasteiger partial charge in [0.1, 0.15) is 11.5 Å². The summed E-state index contributed by atoms with van der Waals surface area (Å²) in [4.78, 5) is 29.2. The smallest absolute Gasteiger partial charge is 0.270 e. The number of rotatable bonds is 11. The molecule has 3 N–H and O–H groups in total. The SMILES string of the molecule is Cc1cccc(C(=O)N[C@@H](Cc2ccccc2)[C@H](O)CN(CC(=O)N(C)O)S(=O)(=O)c2cc(F)ccc2C)n1. The Labute approximate surface area is 226 Å². The van der Waals surface area contributed by atoms with Gasteiger partial charge in [-0.25, -0.2) is 22.9 Å². The third kappa shape index (κ3) is 7.90. The highest BCUT2D eigenvalue weighted by Gasteiger charge is 2.34. The number of hydrogen-bond acceptors (Lipinski definition) is 7. The summed E-state index contributed by atoms with van der Waals surface area (Å²) in [6.45, 7) is 1.71. The van der Waals surface area contributed by atoms with Gasteiger partial charge >= 0.3 is 0 Å². The van der Waals surface area contributed by atoms with Gasteiger partial charge in [-0.2, -0.15) is 4.31 Å². The highest BCUT2D eigenvalue weighted by atomic mass is 32.2. The summed E-state index contributed by atoms with van der Waals surface area (Å²) in [5, 5.41) is 23.8. The van der Waals surface area contributed by atoms with E-state index in [9.17, 15) is 32.7 Å². The van der Waals surface area contributed by atoms with Gasteiger partial charge in [-0.3, -0.25) is 14.8 Å². The molecule has 0 radical (unpaired) electrons. The summed E-state index contributed by atoms with van der Waals surface area (Å²) in [7, 11) is -3.49. The molecule has 3 rings (SSSR count). The third-order valence-corrected chi connectivity index (χ3v) is 7.99.